The summed E-state index contributed by atoms with van der Waals surface area (Å²) in [5, 5.41) is 3.33. The molecule has 0 saturated heterocycles. The smallest absolute Gasteiger partial charge is 0.127 e. The lowest BCUT2D eigenvalue weighted by Gasteiger charge is -2.16. The summed E-state index contributed by atoms with van der Waals surface area (Å²) >= 11 is 6.89. The second-order valence-electron chi connectivity index (χ2n) is 4.36. The molecule has 4 heteroatoms. The van der Waals surface area contributed by atoms with Crippen molar-refractivity contribution >= 4 is 31.9 Å². The zero-order valence-electron chi connectivity index (χ0n) is 10.5. The van der Waals surface area contributed by atoms with Crippen LogP contribution in [-0.2, 0) is 6.54 Å². The van der Waals surface area contributed by atoms with E-state index in [0.29, 0.717) is 12.1 Å². The first kappa shape index (κ1) is 14.7. The van der Waals surface area contributed by atoms with Crippen LogP contribution >= 0.6 is 31.9 Å². The summed E-state index contributed by atoms with van der Waals surface area (Å²) in [5.74, 6) is -0.185. The Kier molecular flexibility index (Phi) is 5.13. The van der Waals surface area contributed by atoms with Crippen molar-refractivity contribution in [2.75, 3.05) is 0 Å². The van der Waals surface area contributed by atoms with Crippen LogP contribution in [0.25, 0.3) is 0 Å². The summed E-state index contributed by atoms with van der Waals surface area (Å²) in [6, 6.07) is 13.2. The zero-order chi connectivity index (χ0) is 13.8. The molecule has 0 aliphatic rings. The molecule has 2 rings (SSSR count). The molecule has 0 bridgehead atoms. The lowest BCUT2D eigenvalue weighted by molar-refractivity contribution is 0.543. The van der Waals surface area contributed by atoms with Gasteiger partial charge in [0.05, 0.1) is 0 Å². The Morgan fingerprint density at radius 2 is 1.89 bits per heavy atom. The van der Waals surface area contributed by atoms with Crippen LogP contribution in [0.5, 0.6) is 0 Å². The SMILES string of the molecule is CC(NCc1cc(Br)ccc1F)c1ccccc1Br. The summed E-state index contributed by atoms with van der Waals surface area (Å²) in [4.78, 5) is 0. The molecule has 0 aromatic heterocycles. The van der Waals surface area contributed by atoms with E-state index in [4.69, 9.17) is 0 Å². The normalized spacial score (nSPS) is 12.4. The molecule has 0 saturated carbocycles. The fourth-order valence-corrected chi connectivity index (χ4v) is 2.91. The minimum Gasteiger partial charge on any atom is -0.306 e. The fourth-order valence-electron chi connectivity index (χ4n) is 1.88. The number of hydrogen-bond acceptors (Lipinski definition) is 1. The maximum Gasteiger partial charge on any atom is 0.127 e. The van der Waals surface area contributed by atoms with Gasteiger partial charge in [-0.25, -0.2) is 4.39 Å². The lowest BCUT2D eigenvalue weighted by atomic mass is 10.1. The predicted octanol–water partition coefficient (Wildman–Crippen LogP) is 5.20. The van der Waals surface area contributed by atoms with Crippen LogP contribution in [0.15, 0.2) is 51.4 Å². The van der Waals surface area contributed by atoms with E-state index in [1.165, 1.54) is 6.07 Å². The zero-order valence-corrected chi connectivity index (χ0v) is 13.6. The predicted molar refractivity (Wildman–Crippen MR) is 83.5 cm³/mol. The third kappa shape index (κ3) is 3.88. The van der Waals surface area contributed by atoms with Crippen LogP contribution < -0.4 is 5.32 Å². The molecule has 100 valence electrons. The summed E-state index contributed by atoms with van der Waals surface area (Å²) in [6.07, 6.45) is 0. The average Bonchev–Trinajstić information content (AvgIpc) is 2.40. The van der Waals surface area contributed by atoms with E-state index < -0.39 is 0 Å². The molecule has 0 amide bonds. The van der Waals surface area contributed by atoms with Crippen LogP contribution in [0.4, 0.5) is 4.39 Å². The molecule has 2 aromatic rings. The van der Waals surface area contributed by atoms with Crippen LogP contribution in [0.3, 0.4) is 0 Å². The Morgan fingerprint density at radius 3 is 2.63 bits per heavy atom. The molecule has 1 nitrogen and oxygen atoms in total. The molecule has 0 aliphatic heterocycles. The molecular weight excluding hydrogens is 373 g/mol. The van der Waals surface area contributed by atoms with Gasteiger partial charge in [0.15, 0.2) is 0 Å². The third-order valence-electron chi connectivity index (χ3n) is 2.98. The highest BCUT2D eigenvalue weighted by molar-refractivity contribution is 9.10. The van der Waals surface area contributed by atoms with E-state index >= 15 is 0 Å². The first-order valence-electron chi connectivity index (χ1n) is 5.99. The molecule has 1 unspecified atom stereocenters. The van der Waals surface area contributed by atoms with Gasteiger partial charge in [0.25, 0.3) is 0 Å². The van der Waals surface area contributed by atoms with Gasteiger partial charge in [-0.15, -0.1) is 0 Å². The van der Waals surface area contributed by atoms with Crippen LogP contribution in [0, 0.1) is 5.82 Å². The minimum atomic E-state index is -0.185. The van der Waals surface area contributed by atoms with Crippen molar-refractivity contribution in [1.82, 2.24) is 5.32 Å². The fraction of sp³-hybridized carbons (Fsp3) is 0.200. The lowest BCUT2D eigenvalue weighted by Crippen LogP contribution is -2.19. The van der Waals surface area contributed by atoms with Crippen molar-refractivity contribution in [2.24, 2.45) is 0 Å². The molecule has 19 heavy (non-hydrogen) atoms. The molecule has 0 spiro atoms. The van der Waals surface area contributed by atoms with Crippen LogP contribution in [0.2, 0.25) is 0 Å². The van der Waals surface area contributed by atoms with Gasteiger partial charge < -0.3 is 5.32 Å². The van der Waals surface area contributed by atoms with Gasteiger partial charge in [-0.05, 0) is 36.8 Å². The van der Waals surface area contributed by atoms with Crippen molar-refractivity contribution in [3.05, 3.63) is 68.4 Å². The Bertz CT molecular complexity index is 572. The monoisotopic (exact) mass is 385 g/mol. The van der Waals surface area contributed by atoms with Gasteiger partial charge in [0.2, 0.25) is 0 Å². The van der Waals surface area contributed by atoms with Gasteiger partial charge >= 0.3 is 0 Å². The number of benzene rings is 2. The van der Waals surface area contributed by atoms with E-state index in [2.05, 4.69) is 50.2 Å². The Morgan fingerprint density at radius 1 is 1.16 bits per heavy atom. The molecule has 0 aliphatic carbocycles. The summed E-state index contributed by atoms with van der Waals surface area (Å²) in [5.41, 5.74) is 1.83. The Hall–Kier alpha value is -0.710. The molecule has 1 N–H and O–H groups in total. The average molecular weight is 387 g/mol. The first-order valence-corrected chi connectivity index (χ1v) is 7.58. The molecule has 1 atom stereocenters. The standard InChI is InChI=1S/C15H14Br2FN/c1-10(13-4-2-3-5-14(13)17)19-9-11-8-12(16)6-7-15(11)18/h2-8,10,19H,9H2,1H3. The van der Waals surface area contributed by atoms with Gasteiger partial charge in [-0.1, -0.05) is 50.1 Å². The van der Waals surface area contributed by atoms with Crippen molar-refractivity contribution in [3.63, 3.8) is 0 Å². The van der Waals surface area contributed by atoms with E-state index in [1.807, 2.05) is 18.2 Å². The number of halogens is 3. The maximum atomic E-state index is 13.6. The summed E-state index contributed by atoms with van der Waals surface area (Å²) in [7, 11) is 0. The molecule has 0 radical (unpaired) electrons. The third-order valence-corrected chi connectivity index (χ3v) is 4.19. The Labute approximate surface area is 129 Å². The van der Waals surface area contributed by atoms with Crippen molar-refractivity contribution in [1.29, 1.82) is 0 Å². The van der Waals surface area contributed by atoms with E-state index in [9.17, 15) is 4.39 Å². The van der Waals surface area contributed by atoms with Gasteiger partial charge in [0, 0.05) is 27.1 Å². The van der Waals surface area contributed by atoms with Crippen molar-refractivity contribution in [2.45, 2.75) is 19.5 Å². The molecule has 0 heterocycles. The van der Waals surface area contributed by atoms with Gasteiger partial charge in [-0.2, -0.15) is 0 Å². The van der Waals surface area contributed by atoms with E-state index in [-0.39, 0.29) is 11.9 Å². The highest BCUT2D eigenvalue weighted by Crippen LogP contribution is 2.23. The maximum absolute atomic E-state index is 13.6. The minimum absolute atomic E-state index is 0.147. The quantitative estimate of drug-likeness (QED) is 0.761. The highest BCUT2D eigenvalue weighted by Gasteiger charge is 2.09. The van der Waals surface area contributed by atoms with Gasteiger partial charge in [0.1, 0.15) is 5.82 Å². The molecule has 2 aromatic carbocycles. The second kappa shape index (κ2) is 6.64. The van der Waals surface area contributed by atoms with Crippen LogP contribution in [-0.4, -0.2) is 0 Å². The first-order chi connectivity index (χ1) is 9.08. The second-order valence-corrected chi connectivity index (χ2v) is 6.13. The molecular formula is C15H14Br2FN. The topological polar surface area (TPSA) is 12.0 Å². The van der Waals surface area contributed by atoms with E-state index in [1.54, 1.807) is 12.1 Å². The number of rotatable bonds is 4. The largest absolute Gasteiger partial charge is 0.306 e. The van der Waals surface area contributed by atoms with Gasteiger partial charge in [-0.3, -0.25) is 0 Å². The summed E-state index contributed by atoms with van der Waals surface area (Å²) in [6.45, 7) is 2.56. The van der Waals surface area contributed by atoms with Crippen LogP contribution in [0.1, 0.15) is 24.1 Å². The molecule has 0 fully saturated rings. The highest BCUT2D eigenvalue weighted by atomic mass is 79.9. The number of hydrogen-bond donors (Lipinski definition) is 1. The number of nitrogens with one attached hydrogen (secondary N) is 1. The summed E-state index contributed by atoms with van der Waals surface area (Å²) < 4.78 is 15.6. The Balaban J connectivity index is 2.06. The van der Waals surface area contributed by atoms with E-state index in [0.717, 1.165) is 14.5 Å². The van der Waals surface area contributed by atoms with Crippen molar-refractivity contribution in [3.8, 4) is 0 Å². The van der Waals surface area contributed by atoms with Crippen molar-refractivity contribution < 1.29 is 4.39 Å².